The van der Waals surface area contributed by atoms with Crippen molar-refractivity contribution in [2.75, 3.05) is 5.32 Å². The summed E-state index contributed by atoms with van der Waals surface area (Å²) in [5, 5.41) is 2.76. The average molecular weight is 400 g/mol. The smallest absolute Gasteiger partial charge is 0.329 e. The molecule has 7 heteroatoms. The summed E-state index contributed by atoms with van der Waals surface area (Å²) in [7, 11) is 0. The fourth-order valence-electron chi connectivity index (χ4n) is 4.11. The monoisotopic (exact) mass is 400 g/mol. The molecule has 1 aliphatic heterocycles. The summed E-state index contributed by atoms with van der Waals surface area (Å²) >= 11 is 0. The van der Waals surface area contributed by atoms with E-state index >= 15 is 0 Å². The molecule has 1 saturated carbocycles. The van der Waals surface area contributed by atoms with E-state index in [1.165, 1.54) is 13.8 Å². The van der Waals surface area contributed by atoms with Crippen LogP contribution >= 0.6 is 0 Å². The molecule has 1 aromatic rings. The van der Waals surface area contributed by atoms with Gasteiger partial charge in [-0.25, -0.2) is 4.79 Å². The van der Waals surface area contributed by atoms with Crippen molar-refractivity contribution < 1.29 is 23.9 Å². The highest BCUT2D eigenvalue weighted by molar-refractivity contribution is 6.08. The lowest BCUT2D eigenvalue weighted by Gasteiger charge is -2.23. The molecule has 3 unspecified atom stereocenters. The maximum Gasteiger partial charge on any atom is 0.329 e. The first kappa shape index (κ1) is 21.0. The predicted octanol–water partition coefficient (Wildman–Crippen LogP) is 2.74. The quantitative estimate of drug-likeness (QED) is 0.606. The Morgan fingerprint density at radius 2 is 1.66 bits per heavy atom. The number of fused-ring (bicyclic) bond motifs is 1. The summed E-state index contributed by atoms with van der Waals surface area (Å²) in [6, 6.07) is 4.63. The molecule has 0 radical (unpaired) electrons. The van der Waals surface area contributed by atoms with Crippen LogP contribution in [-0.2, 0) is 23.9 Å². The number of imide groups is 1. The molecule has 4 atom stereocenters. The van der Waals surface area contributed by atoms with Crippen molar-refractivity contribution >= 4 is 29.4 Å². The molecule has 3 amide bonds. The third-order valence-corrected chi connectivity index (χ3v) is 5.92. The number of hydrogen-bond donors (Lipinski definition) is 1. The number of anilines is 1. The van der Waals surface area contributed by atoms with Gasteiger partial charge in [0.15, 0.2) is 6.10 Å². The van der Waals surface area contributed by atoms with Crippen molar-refractivity contribution in [2.45, 2.75) is 65.5 Å². The van der Waals surface area contributed by atoms with E-state index in [-0.39, 0.29) is 23.7 Å². The molecule has 1 aromatic carbocycles. The van der Waals surface area contributed by atoms with E-state index in [4.69, 9.17) is 4.74 Å². The van der Waals surface area contributed by atoms with Gasteiger partial charge in [0, 0.05) is 5.69 Å². The van der Waals surface area contributed by atoms with E-state index < -0.39 is 24.0 Å². The second kappa shape index (κ2) is 8.35. The lowest BCUT2D eigenvalue weighted by molar-refractivity contribution is -0.163. The van der Waals surface area contributed by atoms with Crippen molar-refractivity contribution in [3.05, 3.63) is 29.3 Å². The van der Waals surface area contributed by atoms with Gasteiger partial charge < -0.3 is 10.1 Å². The Kier molecular flexibility index (Phi) is 6.05. The zero-order valence-electron chi connectivity index (χ0n) is 17.4. The summed E-state index contributed by atoms with van der Waals surface area (Å²) in [6.45, 7) is 6.74. The van der Waals surface area contributed by atoms with Crippen LogP contribution < -0.4 is 5.32 Å². The summed E-state index contributed by atoms with van der Waals surface area (Å²) in [4.78, 5) is 51.3. The third kappa shape index (κ3) is 4.18. The first-order chi connectivity index (χ1) is 13.7. The minimum absolute atomic E-state index is 0.295. The van der Waals surface area contributed by atoms with Crippen LogP contribution in [0.5, 0.6) is 0 Å². The van der Waals surface area contributed by atoms with Gasteiger partial charge >= 0.3 is 5.97 Å². The minimum Gasteiger partial charge on any atom is -0.451 e. The Balaban J connectivity index is 1.63. The molecule has 1 saturated heterocycles. The topological polar surface area (TPSA) is 92.8 Å². The van der Waals surface area contributed by atoms with E-state index in [1.807, 2.05) is 32.0 Å². The average Bonchev–Trinajstić information content (AvgIpc) is 2.94. The largest absolute Gasteiger partial charge is 0.451 e. The number of ether oxygens (including phenoxy) is 1. The Bertz CT molecular complexity index is 826. The van der Waals surface area contributed by atoms with Crippen molar-refractivity contribution in [2.24, 2.45) is 11.8 Å². The minimum atomic E-state index is -1.06. The number of esters is 1. The van der Waals surface area contributed by atoms with Gasteiger partial charge in [-0.1, -0.05) is 25.0 Å². The van der Waals surface area contributed by atoms with Crippen LogP contribution in [0.15, 0.2) is 18.2 Å². The fourth-order valence-corrected chi connectivity index (χ4v) is 4.11. The maximum absolute atomic E-state index is 12.6. The first-order valence-corrected chi connectivity index (χ1v) is 10.2. The van der Waals surface area contributed by atoms with Crippen LogP contribution in [0.25, 0.3) is 0 Å². The van der Waals surface area contributed by atoms with Gasteiger partial charge in [0.05, 0.1) is 11.8 Å². The Morgan fingerprint density at radius 1 is 1.07 bits per heavy atom. The lowest BCUT2D eigenvalue weighted by Crippen LogP contribution is -2.46. The number of rotatable bonds is 5. The number of likely N-dealkylation sites (tertiary alicyclic amines) is 1. The summed E-state index contributed by atoms with van der Waals surface area (Å²) < 4.78 is 5.28. The third-order valence-electron chi connectivity index (χ3n) is 5.92. The number of nitrogens with zero attached hydrogens (tertiary/aromatic N) is 1. The number of benzene rings is 1. The van der Waals surface area contributed by atoms with Gasteiger partial charge in [-0.2, -0.15) is 0 Å². The molecule has 0 bridgehead atoms. The molecule has 1 aliphatic carbocycles. The van der Waals surface area contributed by atoms with E-state index in [0.717, 1.165) is 28.9 Å². The van der Waals surface area contributed by atoms with Crippen LogP contribution in [-0.4, -0.2) is 40.7 Å². The summed E-state index contributed by atoms with van der Waals surface area (Å²) in [6.07, 6.45) is 2.15. The standard InChI is InChI=1S/C22H28N2O5/c1-12-9-10-13(2)18(11-12)23-19(25)15(4)29-22(28)14(3)24-20(26)16-7-5-6-8-17(16)21(24)27/h9-11,14-17H,5-8H2,1-4H3,(H,23,25)/t14-,15?,16?,17?/m0/s1. The molecular formula is C22H28N2O5. The van der Waals surface area contributed by atoms with E-state index in [1.54, 1.807) is 0 Å². The molecule has 1 N–H and O–H groups in total. The highest BCUT2D eigenvalue weighted by Crippen LogP contribution is 2.39. The van der Waals surface area contributed by atoms with E-state index in [0.29, 0.717) is 18.5 Å². The normalized spacial score (nSPS) is 23.4. The van der Waals surface area contributed by atoms with Gasteiger partial charge in [0.25, 0.3) is 5.91 Å². The highest BCUT2D eigenvalue weighted by Gasteiger charge is 2.51. The second-order valence-corrected chi connectivity index (χ2v) is 8.11. The van der Waals surface area contributed by atoms with Crippen molar-refractivity contribution in [3.8, 4) is 0 Å². The van der Waals surface area contributed by atoms with Crippen LogP contribution in [0.2, 0.25) is 0 Å². The van der Waals surface area contributed by atoms with E-state index in [2.05, 4.69) is 5.32 Å². The molecule has 1 heterocycles. The van der Waals surface area contributed by atoms with Gasteiger partial charge in [-0.15, -0.1) is 0 Å². The SMILES string of the molecule is Cc1ccc(C)c(NC(=O)C(C)OC(=O)[C@H](C)N2C(=O)C3CCCCC3C2=O)c1. The van der Waals surface area contributed by atoms with Gasteiger partial charge in [0.2, 0.25) is 11.8 Å². The van der Waals surface area contributed by atoms with Crippen molar-refractivity contribution in [1.29, 1.82) is 0 Å². The number of nitrogens with one attached hydrogen (secondary N) is 1. The molecule has 2 fully saturated rings. The Morgan fingerprint density at radius 3 is 2.24 bits per heavy atom. The first-order valence-electron chi connectivity index (χ1n) is 10.2. The highest BCUT2D eigenvalue weighted by atomic mass is 16.5. The number of hydrogen-bond acceptors (Lipinski definition) is 5. The van der Waals surface area contributed by atoms with E-state index in [9.17, 15) is 19.2 Å². The molecule has 3 rings (SSSR count). The molecule has 156 valence electrons. The van der Waals surface area contributed by atoms with Gasteiger partial charge in [0.1, 0.15) is 6.04 Å². The zero-order chi connectivity index (χ0) is 21.3. The zero-order valence-corrected chi connectivity index (χ0v) is 17.4. The summed E-state index contributed by atoms with van der Waals surface area (Å²) in [5.74, 6) is -2.46. The molecule has 2 aliphatic rings. The Labute approximate surface area is 170 Å². The Hall–Kier alpha value is -2.70. The van der Waals surface area contributed by atoms with Crippen LogP contribution in [0.3, 0.4) is 0 Å². The van der Waals surface area contributed by atoms with Gasteiger partial charge in [-0.3, -0.25) is 19.3 Å². The van der Waals surface area contributed by atoms with Crippen molar-refractivity contribution in [1.82, 2.24) is 4.90 Å². The number of amides is 3. The van der Waals surface area contributed by atoms with Crippen LogP contribution in [0, 0.1) is 25.7 Å². The number of carbonyl (C=O) groups excluding carboxylic acids is 4. The van der Waals surface area contributed by atoms with Crippen LogP contribution in [0.1, 0.15) is 50.7 Å². The van der Waals surface area contributed by atoms with Gasteiger partial charge in [-0.05, 0) is 57.7 Å². The molecule has 7 nitrogen and oxygen atoms in total. The molecule has 29 heavy (non-hydrogen) atoms. The lowest BCUT2D eigenvalue weighted by atomic mass is 9.81. The molecule has 0 aromatic heterocycles. The number of carbonyl (C=O) groups is 4. The maximum atomic E-state index is 12.6. The van der Waals surface area contributed by atoms with Crippen LogP contribution in [0.4, 0.5) is 5.69 Å². The summed E-state index contributed by atoms with van der Waals surface area (Å²) in [5.41, 5.74) is 2.54. The molecule has 0 spiro atoms. The molecular weight excluding hydrogens is 372 g/mol. The fraction of sp³-hybridized carbons (Fsp3) is 0.545. The van der Waals surface area contributed by atoms with Crippen molar-refractivity contribution in [3.63, 3.8) is 0 Å². The number of aryl methyl sites for hydroxylation is 2. The predicted molar refractivity (Wildman–Crippen MR) is 107 cm³/mol. The second-order valence-electron chi connectivity index (χ2n) is 8.11.